The van der Waals surface area contributed by atoms with Gasteiger partial charge in [0.25, 0.3) is 5.91 Å². The minimum Gasteiger partial charge on any atom is -0.493 e. The van der Waals surface area contributed by atoms with E-state index in [1.165, 1.54) is 14.2 Å². The van der Waals surface area contributed by atoms with Gasteiger partial charge < -0.3 is 20.1 Å². The number of rotatable bonds is 6. The molecule has 8 heteroatoms. The second kappa shape index (κ2) is 8.52. The monoisotopic (exact) mass is 402 g/mol. The van der Waals surface area contributed by atoms with E-state index in [4.69, 9.17) is 44.3 Å². The van der Waals surface area contributed by atoms with Gasteiger partial charge in [-0.2, -0.15) is 0 Å². The highest BCUT2D eigenvalue weighted by Gasteiger charge is 2.34. The lowest BCUT2D eigenvalue weighted by Gasteiger charge is -2.27. The van der Waals surface area contributed by atoms with Gasteiger partial charge in [0.15, 0.2) is 11.5 Å². The number of amides is 1. The second-order valence-corrected chi connectivity index (χ2v) is 7.40. The molecule has 2 aromatic rings. The summed E-state index contributed by atoms with van der Waals surface area (Å²) in [5, 5.41) is 5.66. The summed E-state index contributed by atoms with van der Waals surface area (Å²) in [6.45, 7) is 0. The molecular formula is C17H17Cl3N2O3. The summed E-state index contributed by atoms with van der Waals surface area (Å²) < 4.78 is 8.59. The number of hydrogen-bond acceptors (Lipinski definition) is 4. The molecule has 0 radical (unpaired) electrons. The molecule has 1 atom stereocenters. The lowest BCUT2D eigenvalue weighted by atomic mass is 10.2. The molecular weight excluding hydrogens is 387 g/mol. The van der Waals surface area contributed by atoms with Crippen LogP contribution in [0.3, 0.4) is 0 Å². The van der Waals surface area contributed by atoms with Crippen LogP contribution in [0.15, 0.2) is 48.5 Å². The van der Waals surface area contributed by atoms with E-state index < -0.39 is 15.9 Å². The van der Waals surface area contributed by atoms with Crippen molar-refractivity contribution in [3.63, 3.8) is 0 Å². The van der Waals surface area contributed by atoms with Crippen molar-refractivity contribution in [2.75, 3.05) is 19.5 Å². The van der Waals surface area contributed by atoms with Gasteiger partial charge in [-0.3, -0.25) is 4.79 Å². The van der Waals surface area contributed by atoms with E-state index >= 15 is 0 Å². The van der Waals surface area contributed by atoms with Crippen LogP contribution in [0.2, 0.25) is 0 Å². The summed E-state index contributed by atoms with van der Waals surface area (Å²) >= 11 is 18.0. The van der Waals surface area contributed by atoms with Gasteiger partial charge in [0, 0.05) is 11.3 Å². The molecule has 5 nitrogen and oxygen atoms in total. The van der Waals surface area contributed by atoms with Crippen molar-refractivity contribution in [3.8, 4) is 11.5 Å². The summed E-state index contributed by atoms with van der Waals surface area (Å²) in [4.78, 5) is 12.5. The van der Waals surface area contributed by atoms with Gasteiger partial charge in [-0.25, -0.2) is 0 Å². The first kappa shape index (κ1) is 19.5. The predicted molar refractivity (Wildman–Crippen MR) is 101 cm³/mol. The number of ether oxygens (including phenoxy) is 2. The number of alkyl halides is 3. The lowest BCUT2D eigenvalue weighted by molar-refractivity contribution is 0.0941. The molecule has 0 aromatic heterocycles. The number of anilines is 1. The number of carbonyl (C=O) groups excluding carboxylic acids is 1. The Hall–Kier alpha value is -1.82. The van der Waals surface area contributed by atoms with E-state index in [0.717, 1.165) is 0 Å². The molecule has 2 aromatic carbocycles. The number of halogens is 3. The molecule has 0 heterocycles. The van der Waals surface area contributed by atoms with Crippen molar-refractivity contribution in [1.29, 1.82) is 0 Å². The van der Waals surface area contributed by atoms with Crippen LogP contribution in [0.4, 0.5) is 5.69 Å². The third kappa shape index (κ3) is 5.33. The Balaban J connectivity index is 2.19. The summed E-state index contributed by atoms with van der Waals surface area (Å²) in [6, 6.07) is 13.9. The maximum Gasteiger partial charge on any atom is 0.253 e. The molecule has 0 aliphatic rings. The molecule has 0 fully saturated rings. The van der Waals surface area contributed by atoms with Gasteiger partial charge in [0.2, 0.25) is 3.79 Å². The van der Waals surface area contributed by atoms with E-state index in [2.05, 4.69) is 10.6 Å². The molecule has 25 heavy (non-hydrogen) atoms. The van der Waals surface area contributed by atoms with Crippen molar-refractivity contribution >= 4 is 46.4 Å². The fourth-order valence-corrected chi connectivity index (χ4v) is 2.42. The van der Waals surface area contributed by atoms with Crippen LogP contribution >= 0.6 is 34.8 Å². The average Bonchev–Trinajstić information content (AvgIpc) is 2.60. The first-order valence-corrected chi connectivity index (χ1v) is 8.39. The molecule has 0 bridgehead atoms. The van der Waals surface area contributed by atoms with E-state index in [9.17, 15) is 4.79 Å². The van der Waals surface area contributed by atoms with E-state index in [-0.39, 0.29) is 0 Å². The summed E-state index contributed by atoms with van der Waals surface area (Å²) in [5.74, 6) is 0.511. The standard InChI is InChI=1S/C17H17Cl3N2O3/c1-24-13-9-8-11(10-14(13)25-2)15(23)22-16(17(18,19)20)21-12-6-4-3-5-7-12/h3-10,16,21H,1-2H3,(H,22,23). The van der Waals surface area contributed by atoms with Gasteiger partial charge in [-0.05, 0) is 30.3 Å². The minimum atomic E-state index is -1.76. The zero-order valence-electron chi connectivity index (χ0n) is 13.6. The van der Waals surface area contributed by atoms with Crippen LogP contribution in [0.1, 0.15) is 10.4 Å². The Kier molecular flexibility index (Phi) is 6.64. The normalized spacial score (nSPS) is 12.2. The van der Waals surface area contributed by atoms with Crippen molar-refractivity contribution in [2.24, 2.45) is 0 Å². The molecule has 1 amide bonds. The van der Waals surface area contributed by atoms with E-state index in [0.29, 0.717) is 22.7 Å². The van der Waals surface area contributed by atoms with Crippen molar-refractivity contribution < 1.29 is 14.3 Å². The second-order valence-electron chi connectivity index (χ2n) is 5.03. The van der Waals surface area contributed by atoms with Crippen LogP contribution in [0, 0.1) is 0 Å². The van der Waals surface area contributed by atoms with Gasteiger partial charge in [-0.15, -0.1) is 0 Å². The first-order chi connectivity index (χ1) is 11.8. The number of para-hydroxylation sites is 1. The highest BCUT2D eigenvalue weighted by Crippen LogP contribution is 2.32. The van der Waals surface area contributed by atoms with Crippen LogP contribution < -0.4 is 20.1 Å². The van der Waals surface area contributed by atoms with E-state index in [1.54, 1.807) is 30.3 Å². The summed E-state index contributed by atoms with van der Waals surface area (Å²) in [7, 11) is 3.00. The molecule has 0 aliphatic carbocycles. The third-order valence-corrected chi connectivity index (χ3v) is 3.99. The highest BCUT2D eigenvalue weighted by molar-refractivity contribution is 6.68. The Morgan fingerprint density at radius 3 is 2.20 bits per heavy atom. The van der Waals surface area contributed by atoms with Gasteiger partial charge in [0.05, 0.1) is 14.2 Å². The van der Waals surface area contributed by atoms with Crippen molar-refractivity contribution in [1.82, 2.24) is 5.32 Å². The fraction of sp³-hybridized carbons (Fsp3) is 0.235. The van der Waals surface area contributed by atoms with Gasteiger partial charge in [0.1, 0.15) is 6.17 Å². The molecule has 0 saturated heterocycles. The molecule has 0 saturated carbocycles. The number of hydrogen-bond donors (Lipinski definition) is 2. The van der Waals surface area contributed by atoms with Gasteiger partial charge in [-0.1, -0.05) is 53.0 Å². The zero-order chi connectivity index (χ0) is 18.4. The number of nitrogens with one attached hydrogen (secondary N) is 2. The topological polar surface area (TPSA) is 59.6 Å². The lowest BCUT2D eigenvalue weighted by Crippen LogP contribution is -2.49. The van der Waals surface area contributed by atoms with Gasteiger partial charge >= 0.3 is 0 Å². The average molecular weight is 404 g/mol. The predicted octanol–water partition coefficient (Wildman–Crippen LogP) is 4.24. The molecule has 134 valence electrons. The number of methoxy groups -OCH3 is 2. The maximum absolute atomic E-state index is 12.5. The zero-order valence-corrected chi connectivity index (χ0v) is 15.8. The quantitative estimate of drug-likeness (QED) is 0.559. The largest absolute Gasteiger partial charge is 0.493 e. The van der Waals surface area contributed by atoms with E-state index in [1.807, 2.05) is 18.2 Å². The first-order valence-electron chi connectivity index (χ1n) is 7.26. The molecule has 1 unspecified atom stereocenters. The third-order valence-electron chi connectivity index (χ3n) is 3.33. The smallest absolute Gasteiger partial charge is 0.253 e. The number of benzene rings is 2. The van der Waals surface area contributed by atoms with Crippen molar-refractivity contribution in [2.45, 2.75) is 9.96 Å². The van der Waals surface area contributed by atoms with Crippen LogP contribution in [-0.2, 0) is 0 Å². The Labute approximate surface area is 161 Å². The summed E-state index contributed by atoms with van der Waals surface area (Å²) in [6.07, 6.45) is -0.944. The Morgan fingerprint density at radius 2 is 1.64 bits per heavy atom. The van der Waals surface area contributed by atoms with Crippen LogP contribution in [-0.4, -0.2) is 30.1 Å². The SMILES string of the molecule is COc1ccc(C(=O)NC(Nc2ccccc2)C(Cl)(Cl)Cl)cc1OC. The highest BCUT2D eigenvalue weighted by atomic mass is 35.6. The summed E-state index contributed by atoms with van der Waals surface area (Å²) in [5.41, 5.74) is 1.04. The van der Waals surface area contributed by atoms with Crippen LogP contribution in [0.25, 0.3) is 0 Å². The Morgan fingerprint density at radius 1 is 1.00 bits per heavy atom. The maximum atomic E-state index is 12.5. The molecule has 0 aliphatic heterocycles. The molecule has 2 rings (SSSR count). The Bertz CT molecular complexity index is 721. The number of carbonyl (C=O) groups is 1. The minimum absolute atomic E-state index is 0.340. The van der Waals surface area contributed by atoms with Crippen LogP contribution in [0.5, 0.6) is 11.5 Å². The molecule has 2 N–H and O–H groups in total. The fourth-order valence-electron chi connectivity index (χ4n) is 2.09. The van der Waals surface area contributed by atoms with Crippen molar-refractivity contribution in [3.05, 3.63) is 54.1 Å². The molecule has 0 spiro atoms.